The Morgan fingerprint density at radius 3 is 2.70 bits per heavy atom. The summed E-state index contributed by atoms with van der Waals surface area (Å²) in [5, 5.41) is 7.39. The molecule has 0 radical (unpaired) electrons. The van der Waals surface area contributed by atoms with Gasteiger partial charge in [-0.05, 0) is 55.4 Å². The van der Waals surface area contributed by atoms with Crippen LogP contribution in [0.15, 0.2) is 24.5 Å². The normalized spacial score (nSPS) is 26.6. The third-order valence-corrected chi connectivity index (χ3v) is 4.65. The highest BCUT2D eigenvalue weighted by atomic mass is 32.1. The number of pyridine rings is 1. The lowest BCUT2D eigenvalue weighted by atomic mass is 9.79. The van der Waals surface area contributed by atoms with Crippen molar-refractivity contribution in [2.75, 3.05) is 0 Å². The summed E-state index contributed by atoms with van der Waals surface area (Å²) in [7, 11) is 0. The quantitative estimate of drug-likeness (QED) is 0.850. The molecule has 2 aromatic heterocycles. The minimum atomic E-state index is 0.445. The van der Waals surface area contributed by atoms with Crippen molar-refractivity contribution in [3.63, 3.8) is 0 Å². The summed E-state index contributed by atoms with van der Waals surface area (Å²) in [6, 6.07) is 4.41. The first kappa shape index (κ1) is 13.5. The zero-order valence-corrected chi connectivity index (χ0v) is 12.7. The Hall–Kier alpha value is -1.49. The van der Waals surface area contributed by atoms with Crippen molar-refractivity contribution in [3.05, 3.63) is 29.3 Å². The van der Waals surface area contributed by atoms with Gasteiger partial charge in [-0.15, -0.1) is 0 Å². The van der Waals surface area contributed by atoms with Crippen molar-refractivity contribution >= 4 is 12.2 Å². The van der Waals surface area contributed by atoms with Gasteiger partial charge in [0.25, 0.3) is 0 Å². The summed E-state index contributed by atoms with van der Waals surface area (Å²) >= 11 is 5.47. The molecule has 0 saturated heterocycles. The van der Waals surface area contributed by atoms with Crippen LogP contribution in [0.25, 0.3) is 11.4 Å². The van der Waals surface area contributed by atoms with Gasteiger partial charge < -0.3 is 0 Å². The fourth-order valence-electron chi connectivity index (χ4n) is 3.35. The molecule has 1 aliphatic carbocycles. The second-order valence-corrected chi connectivity index (χ2v) is 6.31. The lowest BCUT2D eigenvalue weighted by molar-refractivity contribution is 0.207. The van der Waals surface area contributed by atoms with Gasteiger partial charge in [-0.1, -0.05) is 13.8 Å². The lowest BCUT2D eigenvalue weighted by Gasteiger charge is -2.34. The summed E-state index contributed by atoms with van der Waals surface area (Å²) in [5.41, 5.74) is 1.07. The van der Waals surface area contributed by atoms with Gasteiger partial charge in [0.1, 0.15) is 0 Å². The first-order chi connectivity index (χ1) is 9.66. The predicted molar refractivity (Wildman–Crippen MR) is 81.9 cm³/mol. The molecule has 106 valence electrons. The average molecular weight is 288 g/mol. The minimum Gasteiger partial charge on any atom is -0.297 e. The van der Waals surface area contributed by atoms with E-state index < -0.39 is 0 Å². The van der Waals surface area contributed by atoms with Gasteiger partial charge in [-0.25, -0.2) is 0 Å². The number of hydrogen-bond acceptors (Lipinski definition) is 3. The van der Waals surface area contributed by atoms with Crippen LogP contribution in [0.3, 0.4) is 0 Å². The Labute approximate surface area is 124 Å². The molecule has 4 nitrogen and oxygen atoms in total. The van der Waals surface area contributed by atoms with Crippen molar-refractivity contribution in [2.45, 2.75) is 39.2 Å². The first-order valence-electron chi connectivity index (χ1n) is 7.24. The molecule has 0 aromatic carbocycles. The van der Waals surface area contributed by atoms with E-state index in [0.717, 1.165) is 22.1 Å². The Morgan fingerprint density at radius 2 is 2.00 bits per heavy atom. The van der Waals surface area contributed by atoms with Crippen LogP contribution in [0.4, 0.5) is 0 Å². The third kappa shape index (κ3) is 2.42. The van der Waals surface area contributed by atoms with Crippen LogP contribution in [0.2, 0.25) is 0 Å². The first-order valence-corrected chi connectivity index (χ1v) is 7.65. The molecule has 1 N–H and O–H groups in total. The average Bonchev–Trinajstić information content (AvgIpc) is 2.82. The van der Waals surface area contributed by atoms with E-state index in [9.17, 15) is 0 Å². The molecule has 3 rings (SSSR count). The van der Waals surface area contributed by atoms with Crippen LogP contribution in [-0.2, 0) is 0 Å². The molecule has 0 amide bonds. The third-order valence-electron chi connectivity index (χ3n) is 4.36. The topological polar surface area (TPSA) is 46.5 Å². The van der Waals surface area contributed by atoms with Crippen LogP contribution in [0.5, 0.6) is 0 Å². The molecule has 2 aromatic rings. The molecule has 1 aliphatic rings. The molecule has 5 heteroatoms. The Morgan fingerprint density at radius 1 is 1.25 bits per heavy atom. The summed E-state index contributed by atoms with van der Waals surface area (Å²) in [4.78, 5) is 4.07. The number of aromatic nitrogens is 4. The molecule has 1 saturated carbocycles. The van der Waals surface area contributed by atoms with E-state index in [2.05, 4.69) is 33.6 Å². The highest BCUT2D eigenvalue weighted by Gasteiger charge is 2.29. The maximum Gasteiger partial charge on any atom is 0.195 e. The fourth-order valence-corrected chi connectivity index (χ4v) is 3.62. The summed E-state index contributed by atoms with van der Waals surface area (Å²) < 4.78 is 2.93. The molecule has 2 heterocycles. The van der Waals surface area contributed by atoms with Crippen LogP contribution in [0, 0.1) is 16.6 Å². The maximum atomic E-state index is 5.47. The molecule has 0 spiro atoms. The van der Waals surface area contributed by atoms with E-state index in [1.807, 2.05) is 12.1 Å². The molecule has 0 bridgehead atoms. The largest absolute Gasteiger partial charge is 0.297 e. The van der Waals surface area contributed by atoms with Gasteiger partial charge in [0.15, 0.2) is 10.6 Å². The van der Waals surface area contributed by atoms with Crippen molar-refractivity contribution in [1.29, 1.82) is 0 Å². The highest BCUT2D eigenvalue weighted by Crippen LogP contribution is 2.38. The maximum absolute atomic E-state index is 5.47. The molecule has 20 heavy (non-hydrogen) atoms. The Kier molecular flexibility index (Phi) is 3.70. The van der Waals surface area contributed by atoms with Crippen LogP contribution in [0.1, 0.15) is 39.2 Å². The summed E-state index contributed by atoms with van der Waals surface area (Å²) in [6.45, 7) is 4.66. The zero-order chi connectivity index (χ0) is 14.1. The van der Waals surface area contributed by atoms with E-state index in [1.165, 1.54) is 19.3 Å². The minimum absolute atomic E-state index is 0.445. The van der Waals surface area contributed by atoms with Crippen molar-refractivity contribution in [2.24, 2.45) is 11.8 Å². The SMILES string of the molecule is CC1CCC(n2c(-c3ccncc3)n[nH]c2=S)C(C)C1. The van der Waals surface area contributed by atoms with Crippen LogP contribution >= 0.6 is 12.2 Å². The van der Waals surface area contributed by atoms with Gasteiger partial charge in [0, 0.05) is 24.0 Å². The van der Waals surface area contributed by atoms with Gasteiger partial charge in [0.2, 0.25) is 0 Å². The van der Waals surface area contributed by atoms with Crippen molar-refractivity contribution in [3.8, 4) is 11.4 Å². The molecule has 1 fully saturated rings. The zero-order valence-electron chi connectivity index (χ0n) is 11.9. The number of H-pyrrole nitrogens is 1. The predicted octanol–water partition coefficient (Wildman–Crippen LogP) is 4.00. The van der Waals surface area contributed by atoms with Gasteiger partial charge >= 0.3 is 0 Å². The van der Waals surface area contributed by atoms with Crippen LogP contribution in [-0.4, -0.2) is 19.7 Å². The van der Waals surface area contributed by atoms with E-state index in [-0.39, 0.29) is 0 Å². The van der Waals surface area contributed by atoms with Gasteiger partial charge in [-0.3, -0.25) is 14.6 Å². The van der Waals surface area contributed by atoms with Crippen molar-refractivity contribution < 1.29 is 0 Å². The van der Waals surface area contributed by atoms with E-state index in [0.29, 0.717) is 12.0 Å². The molecular formula is C15H20N4S. The molecule has 3 atom stereocenters. The fraction of sp³-hybridized carbons (Fsp3) is 0.533. The van der Waals surface area contributed by atoms with Crippen molar-refractivity contribution in [1.82, 2.24) is 19.7 Å². The molecule has 3 unspecified atom stereocenters. The number of hydrogen-bond donors (Lipinski definition) is 1. The smallest absolute Gasteiger partial charge is 0.195 e. The van der Waals surface area contributed by atoms with E-state index in [1.54, 1.807) is 12.4 Å². The number of nitrogens with one attached hydrogen (secondary N) is 1. The van der Waals surface area contributed by atoms with E-state index >= 15 is 0 Å². The number of rotatable bonds is 2. The summed E-state index contributed by atoms with van der Waals surface area (Å²) in [5.74, 6) is 2.37. The number of aromatic amines is 1. The lowest BCUT2D eigenvalue weighted by Crippen LogP contribution is -2.25. The second kappa shape index (κ2) is 5.48. The highest BCUT2D eigenvalue weighted by molar-refractivity contribution is 7.71. The number of nitrogens with zero attached hydrogens (tertiary/aromatic N) is 3. The molecular weight excluding hydrogens is 268 g/mol. The Balaban J connectivity index is 2.02. The van der Waals surface area contributed by atoms with Crippen LogP contribution < -0.4 is 0 Å². The second-order valence-electron chi connectivity index (χ2n) is 5.92. The Bertz CT molecular complexity index is 631. The van der Waals surface area contributed by atoms with E-state index in [4.69, 9.17) is 12.2 Å². The van der Waals surface area contributed by atoms with Gasteiger partial charge in [0.05, 0.1) is 0 Å². The molecule has 0 aliphatic heterocycles. The summed E-state index contributed by atoms with van der Waals surface area (Å²) in [6.07, 6.45) is 7.28. The standard InChI is InChI=1S/C15H20N4S/c1-10-3-4-13(11(2)9-10)19-14(17-18-15(19)20)12-5-7-16-8-6-12/h5-8,10-11,13H,3-4,9H2,1-2H3,(H,18,20). The monoisotopic (exact) mass is 288 g/mol. The van der Waals surface area contributed by atoms with Gasteiger partial charge in [-0.2, -0.15) is 5.10 Å².